The van der Waals surface area contributed by atoms with Crippen LogP contribution in [-0.2, 0) is 0 Å². The molecule has 1 aliphatic rings. The summed E-state index contributed by atoms with van der Waals surface area (Å²) < 4.78 is 0. The van der Waals surface area contributed by atoms with Crippen LogP contribution >= 0.6 is 0 Å². The molecule has 1 saturated heterocycles. The van der Waals surface area contributed by atoms with Crippen LogP contribution in [0.5, 0.6) is 0 Å². The second kappa shape index (κ2) is 2.64. The van der Waals surface area contributed by atoms with Gasteiger partial charge < -0.3 is 10.3 Å². The highest BCUT2D eigenvalue weighted by molar-refractivity contribution is 5.17. The first-order chi connectivity index (χ1) is 5.38. The summed E-state index contributed by atoms with van der Waals surface area (Å²) in [5.74, 6) is 0. The van der Waals surface area contributed by atoms with Gasteiger partial charge in [-0.2, -0.15) is 0 Å². The van der Waals surface area contributed by atoms with Crippen LogP contribution in [0.3, 0.4) is 0 Å². The number of hydroxylamine groups is 2. The average molecular weight is 149 g/mol. The second-order valence-electron chi connectivity index (χ2n) is 2.97. The number of quaternary nitrogens is 1. The van der Waals surface area contributed by atoms with E-state index in [0.717, 1.165) is 13.0 Å². The third-order valence-electron chi connectivity index (χ3n) is 2.27. The highest BCUT2D eigenvalue weighted by atomic mass is 16.5. The van der Waals surface area contributed by atoms with Crippen molar-refractivity contribution in [3.05, 3.63) is 41.1 Å². The quantitative estimate of drug-likeness (QED) is 0.579. The Morgan fingerprint density at radius 3 is 2.45 bits per heavy atom. The van der Waals surface area contributed by atoms with E-state index in [1.54, 1.807) is 0 Å². The van der Waals surface area contributed by atoms with Gasteiger partial charge in [0.25, 0.3) is 0 Å². The van der Waals surface area contributed by atoms with Crippen molar-refractivity contribution in [2.45, 2.75) is 12.5 Å². The molecule has 0 radical (unpaired) electrons. The highest BCUT2D eigenvalue weighted by Gasteiger charge is 2.27. The molecule has 0 aromatic heterocycles. The summed E-state index contributed by atoms with van der Waals surface area (Å²) in [7, 11) is 0. The van der Waals surface area contributed by atoms with Crippen LogP contribution in [0.1, 0.15) is 18.0 Å². The topological polar surface area (TPSA) is 27.5 Å². The molecule has 11 heavy (non-hydrogen) atoms. The van der Waals surface area contributed by atoms with Crippen LogP contribution < -0.4 is 5.06 Å². The van der Waals surface area contributed by atoms with E-state index in [1.807, 2.05) is 30.3 Å². The maximum absolute atomic E-state index is 11.0. The van der Waals surface area contributed by atoms with Crippen molar-refractivity contribution in [3.8, 4) is 0 Å². The minimum absolute atomic E-state index is 0.219. The fourth-order valence-electron chi connectivity index (χ4n) is 1.44. The molecular formula is C9H11NO. The fourth-order valence-corrected chi connectivity index (χ4v) is 1.44. The standard InChI is InChI=1S/C9H11NO/c11-10-7-6-9(10)8-4-2-1-3-5-8/h1-5,9-10H,6-7H2. The molecule has 0 amide bonds. The summed E-state index contributed by atoms with van der Waals surface area (Å²) in [5.41, 5.74) is 1.18. The van der Waals surface area contributed by atoms with Gasteiger partial charge in [-0.3, -0.25) is 0 Å². The lowest BCUT2D eigenvalue weighted by atomic mass is 9.98. The van der Waals surface area contributed by atoms with Gasteiger partial charge in [0, 0.05) is 5.56 Å². The molecule has 1 heterocycles. The number of hydrogen-bond acceptors (Lipinski definition) is 1. The molecule has 2 atom stereocenters. The van der Waals surface area contributed by atoms with Crippen molar-refractivity contribution in [3.63, 3.8) is 0 Å². The van der Waals surface area contributed by atoms with E-state index < -0.39 is 0 Å². The van der Waals surface area contributed by atoms with Gasteiger partial charge in [-0.25, -0.2) is 0 Å². The minimum atomic E-state index is 0.219. The molecule has 0 saturated carbocycles. The Morgan fingerprint density at radius 1 is 1.27 bits per heavy atom. The van der Waals surface area contributed by atoms with Crippen LogP contribution in [0.25, 0.3) is 0 Å². The van der Waals surface area contributed by atoms with Gasteiger partial charge in [-0.05, 0) is 0 Å². The number of rotatable bonds is 1. The number of hydrogen-bond donors (Lipinski definition) is 1. The van der Waals surface area contributed by atoms with E-state index in [9.17, 15) is 5.21 Å². The summed E-state index contributed by atoms with van der Waals surface area (Å²) >= 11 is 0. The van der Waals surface area contributed by atoms with Crippen LogP contribution in [0.15, 0.2) is 30.3 Å². The molecule has 0 bridgehead atoms. The van der Waals surface area contributed by atoms with Gasteiger partial charge in [0.1, 0.15) is 6.04 Å². The molecular weight excluding hydrogens is 138 g/mol. The summed E-state index contributed by atoms with van der Waals surface area (Å²) in [6, 6.07) is 10.2. The molecule has 1 aliphatic heterocycles. The molecule has 2 rings (SSSR count). The van der Waals surface area contributed by atoms with Gasteiger partial charge in [-0.15, -0.1) is 0 Å². The third kappa shape index (κ3) is 1.15. The molecule has 0 spiro atoms. The van der Waals surface area contributed by atoms with E-state index in [0.29, 0.717) is 5.06 Å². The van der Waals surface area contributed by atoms with Crippen molar-refractivity contribution < 1.29 is 5.06 Å². The van der Waals surface area contributed by atoms with E-state index >= 15 is 0 Å². The lowest BCUT2D eigenvalue weighted by molar-refractivity contribution is -0.927. The van der Waals surface area contributed by atoms with Gasteiger partial charge in [0.05, 0.1) is 13.0 Å². The molecule has 1 aromatic carbocycles. The predicted molar refractivity (Wildman–Crippen MR) is 43.0 cm³/mol. The Bertz CT molecular complexity index is 235. The summed E-state index contributed by atoms with van der Waals surface area (Å²) in [6.45, 7) is 0.777. The lowest BCUT2D eigenvalue weighted by Crippen LogP contribution is -3.13. The Morgan fingerprint density at radius 2 is 2.00 bits per heavy atom. The molecule has 2 nitrogen and oxygen atoms in total. The van der Waals surface area contributed by atoms with Crippen molar-refractivity contribution in [2.24, 2.45) is 0 Å². The number of benzene rings is 1. The molecule has 2 heteroatoms. The molecule has 1 fully saturated rings. The Hall–Kier alpha value is -0.860. The van der Waals surface area contributed by atoms with Crippen LogP contribution in [0, 0.1) is 5.21 Å². The first-order valence-corrected chi connectivity index (χ1v) is 3.95. The van der Waals surface area contributed by atoms with E-state index in [2.05, 4.69) is 0 Å². The van der Waals surface area contributed by atoms with E-state index in [4.69, 9.17) is 0 Å². The first-order valence-electron chi connectivity index (χ1n) is 3.95. The van der Waals surface area contributed by atoms with Crippen molar-refractivity contribution >= 4 is 0 Å². The highest BCUT2D eigenvalue weighted by Crippen LogP contribution is 2.16. The summed E-state index contributed by atoms with van der Waals surface area (Å²) in [4.78, 5) is 0. The molecule has 1 N–H and O–H groups in total. The maximum atomic E-state index is 11.0. The van der Waals surface area contributed by atoms with Crippen LogP contribution in [0.4, 0.5) is 0 Å². The normalized spacial score (nSPS) is 29.5. The SMILES string of the molecule is [O-][NH+]1CCC1c1ccccc1. The third-order valence-corrected chi connectivity index (χ3v) is 2.27. The molecule has 1 aromatic rings. The van der Waals surface area contributed by atoms with Gasteiger partial charge in [0.2, 0.25) is 0 Å². The molecule has 2 unspecified atom stereocenters. The smallest absolute Gasteiger partial charge is 0.118 e. The Balaban J connectivity index is 2.17. The van der Waals surface area contributed by atoms with Gasteiger partial charge in [-0.1, -0.05) is 30.3 Å². The first kappa shape index (κ1) is 6.83. The van der Waals surface area contributed by atoms with Crippen molar-refractivity contribution in [1.82, 2.24) is 0 Å². The monoisotopic (exact) mass is 149 g/mol. The average Bonchev–Trinajstić information content (AvgIpc) is 2.04. The van der Waals surface area contributed by atoms with Gasteiger partial charge in [0.15, 0.2) is 0 Å². The van der Waals surface area contributed by atoms with Gasteiger partial charge >= 0.3 is 0 Å². The largest absolute Gasteiger partial charge is 0.634 e. The Kier molecular flexibility index (Phi) is 1.64. The zero-order valence-corrected chi connectivity index (χ0v) is 6.29. The molecule has 0 aliphatic carbocycles. The van der Waals surface area contributed by atoms with Crippen molar-refractivity contribution in [2.75, 3.05) is 6.54 Å². The molecule has 58 valence electrons. The van der Waals surface area contributed by atoms with Crippen LogP contribution in [-0.4, -0.2) is 6.54 Å². The van der Waals surface area contributed by atoms with Crippen LogP contribution in [0.2, 0.25) is 0 Å². The predicted octanol–water partition coefficient (Wildman–Crippen LogP) is 0.514. The minimum Gasteiger partial charge on any atom is -0.634 e. The van der Waals surface area contributed by atoms with E-state index in [1.165, 1.54) is 5.56 Å². The summed E-state index contributed by atoms with van der Waals surface area (Å²) in [5, 5.41) is 11.4. The number of nitrogens with one attached hydrogen (secondary N) is 1. The van der Waals surface area contributed by atoms with Crippen molar-refractivity contribution in [1.29, 1.82) is 0 Å². The maximum Gasteiger partial charge on any atom is 0.118 e. The summed E-state index contributed by atoms with van der Waals surface area (Å²) in [6.07, 6.45) is 1.04. The Labute approximate surface area is 66.0 Å². The van der Waals surface area contributed by atoms with E-state index in [-0.39, 0.29) is 6.04 Å². The lowest BCUT2D eigenvalue weighted by Gasteiger charge is -2.40. The second-order valence-corrected chi connectivity index (χ2v) is 2.97. The zero-order valence-electron chi connectivity index (χ0n) is 6.29. The fraction of sp³-hybridized carbons (Fsp3) is 0.333. The zero-order chi connectivity index (χ0) is 7.68.